The number of amides is 3. The molecule has 13 heteroatoms. The number of hydrogen-bond acceptors (Lipinski definition) is 5. The van der Waals surface area contributed by atoms with Gasteiger partial charge in [0.05, 0.1) is 11.5 Å². The normalized spacial score (nSPS) is 19.8. The van der Waals surface area contributed by atoms with Crippen LogP contribution in [0.2, 0.25) is 0 Å². The van der Waals surface area contributed by atoms with Gasteiger partial charge in [0.1, 0.15) is 0 Å². The van der Waals surface area contributed by atoms with Crippen molar-refractivity contribution in [3.63, 3.8) is 0 Å². The number of nitrogens with one attached hydrogen (secondary N) is 3. The zero-order valence-electron chi connectivity index (χ0n) is 22.8. The Bertz CT molecular complexity index is 1410. The van der Waals surface area contributed by atoms with E-state index in [1.807, 2.05) is 0 Å². The average molecular weight is 607 g/mol. The van der Waals surface area contributed by atoms with Crippen LogP contribution in [0.4, 0.5) is 13.2 Å². The molecule has 3 amide bonds. The Morgan fingerprint density at radius 2 is 1.79 bits per heavy atom. The van der Waals surface area contributed by atoms with E-state index in [0.29, 0.717) is 55.6 Å². The predicted molar refractivity (Wildman–Crippen MR) is 149 cm³/mol. The molecule has 3 N–H and O–H groups in total. The highest BCUT2D eigenvalue weighted by Gasteiger charge is 2.32. The van der Waals surface area contributed by atoms with Crippen LogP contribution in [0.1, 0.15) is 52.2 Å². The van der Waals surface area contributed by atoms with Crippen molar-refractivity contribution in [1.82, 2.24) is 20.3 Å². The smallest absolute Gasteiger partial charge is 0.356 e. The van der Waals surface area contributed by atoms with Crippen LogP contribution in [0.15, 0.2) is 60.5 Å². The molecule has 2 aromatic rings. The molecule has 0 spiro atoms. The standard InChI is InChI=1S/C29H33F3N4O5S/c1-2-42(40,41)35-17-20-11-12-36(18-20)28(39)23-7-5-22(6-8-23)25(13-21-14-26(37)33-16-21)27(38)34-15-19-3-9-24(10-4-19)29(30,31)32/h2-10,20-21,25,35H,1,11-18H2,(H,33,37)(H,34,38). The van der Waals surface area contributed by atoms with Gasteiger partial charge in [0.15, 0.2) is 0 Å². The van der Waals surface area contributed by atoms with Crippen molar-refractivity contribution in [3.05, 3.63) is 82.8 Å². The Hall–Kier alpha value is -3.71. The van der Waals surface area contributed by atoms with Crippen LogP contribution < -0.4 is 15.4 Å². The summed E-state index contributed by atoms with van der Waals surface area (Å²) in [6, 6.07) is 11.2. The monoisotopic (exact) mass is 606 g/mol. The minimum atomic E-state index is -4.45. The Balaban J connectivity index is 1.41. The first kappa shape index (κ1) is 31.2. The van der Waals surface area contributed by atoms with Crippen LogP contribution >= 0.6 is 0 Å². The van der Waals surface area contributed by atoms with Crippen LogP contribution in [0.3, 0.4) is 0 Å². The fourth-order valence-corrected chi connectivity index (χ4v) is 5.79. The van der Waals surface area contributed by atoms with Crippen molar-refractivity contribution < 1.29 is 36.0 Å². The topological polar surface area (TPSA) is 125 Å². The minimum Gasteiger partial charge on any atom is -0.356 e. The van der Waals surface area contributed by atoms with Gasteiger partial charge in [-0.2, -0.15) is 13.2 Å². The van der Waals surface area contributed by atoms with Crippen LogP contribution in [0.5, 0.6) is 0 Å². The largest absolute Gasteiger partial charge is 0.416 e. The van der Waals surface area contributed by atoms with E-state index in [9.17, 15) is 36.0 Å². The van der Waals surface area contributed by atoms with E-state index in [4.69, 9.17) is 0 Å². The molecule has 2 heterocycles. The maximum atomic E-state index is 13.3. The molecule has 3 atom stereocenters. The number of halogens is 3. The molecule has 3 unspecified atom stereocenters. The van der Waals surface area contributed by atoms with Gasteiger partial charge in [-0.3, -0.25) is 14.4 Å². The van der Waals surface area contributed by atoms with Gasteiger partial charge >= 0.3 is 6.18 Å². The zero-order valence-corrected chi connectivity index (χ0v) is 23.6. The van der Waals surface area contributed by atoms with Gasteiger partial charge in [-0.05, 0) is 60.1 Å². The summed E-state index contributed by atoms with van der Waals surface area (Å²) in [6.45, 7) is 4.83. The Labute approximate surface area is 242 Å². The van der Waals surface area contributed by atoms with Crippen molar-refractivity contribution in [2.45, 2.75) is 37.9 Å². The Morgan fingerprint density at radius 3 is 2.38 bits per heavy atom. The fourth-order valence-electron chi connectivity index (χ4n) is 5.20. The molecule has 2 aromatic carbocycles. The summed E-state index contributed by atoms with van der Waals surface area (Å²) < 4.78 is 64.3. The van der Waals surface area contributed by atoms with Gasteiger partial charge in [0, 0.05) is 50.1 Å². The van der Waals surface area contributed by atoms with E-state index in [1.165, 1.54) is 12.1 Å². The number of hydrogen-bond donors (Lipinski definition) is 3. The summed E-state index contributed by atoms with van der Waals surface area (Å²) in [6.07, 6.45) is -3.13. The van der Waals surface area contributed by atoms with Crippen molar-refractivity contribution in [1.29, 1.82) is 0 Å². The van der Waals surface area contributed by atoms with E-state index in [0.717, 1.165) is 17.5 Å². The quantitative estimate of drug-likeness (QED) is 0.363. The number of nitrogens with zero attached hydrogens (tertiary/aromatic N) is 1. The summed E-state index contributed by atoms with van der Waals surface area (Å²) in [7, 11) is -3.54. The van der Waals surface area contributed by atoms with Gasteiger partial charge < -0.3 is 15.5 Å². The Kier molecular flexibility index (Phi) is 9.72. The molecular formula is C29H33F3N4O5S. The number of likely N-dealkylation sites (tertiary alicyclic amines) is 1. The van der Waals surface area contributed by atoms with Gasteiger partial charge in [-0.15, -0.1) is 0 Å². The molecule has 226 valence electrons. The molecule has 0 saturated carbocycles. The number of carbonyl (C=O) groups is 3. The van der Waals surface area contributed by atoms with Gasteiger partial charge in [-0.1, -0.05) is 30.8 Å². The van der Waals surface area contributed by atoms with Crippen LogP contribution in [-0.4, -0.2) is 57.2 Å². The van der Waals surface area contributed by atoms with Gasteiger partial charge in [0.2, 0.25) is 21.8 Å². The molecule has 4 rings (SSSR count). The predicted octanol–water partition coefficient (Wildman–Crippen LogP) is 3.16. The van der Waals surface area contributed by atoms with E-state index in [2.05, 4.69) is 21.9 Å². The third kappa shape index (κ3) is 8.19. The number of alkyl halides is 3. The van der Waals surface area contributed by atoms with E-state index in [-0.39, 0.29) is 42.6 Å². The average Bonchev–Trinajstić information content (AvgIpc) is 3.62. The van der Waals surface area contributed by atoms with Crippen LogP contribution in [0.25, 0.3) is 0 Å². The highest BCUT2D eigenvalue weighted by atomic mass is 32.2. The summed E-state index contributed by atoms with van der Waals surface area (Å²) in [4.78, 5) is 39.8. The molecule has 2 aliphatic heterocycles. The van der Waals surface area contributed by atoms with Gasteiger partial charge in [0.25, 0.3) is 5.91 Å². The first-order valence-corrected chi connectivity index (χ1v) is 15.1. The SMILES string of the molecule is C=CS(=O)(=O)NCC1CCN(C(=O)c2ccc(C(CC3CNC(=O)C3)C(=O)NCc3ccc(C(F)(F)F)cc3)cc2)C1. The number of sulfonamides is 1. The number of carbonyl (C=O) groups excluding carboxylic acids is 3. The summed E-state index contributed by atoms with van der Waals surface area (Å²) >= 11 is 0. The van der Waals surface area contributed by atoms with Crippen molar-refractivity contribution >= 4 is 27.7 Å². The highest BCUT2D eigenvalue weighted by Crippen LogP contribution is 2.30. The lowest BCUT2D eigenvalue weighted by Gasteiger charge is -2.21. The second-order valence-electron chi connectivity index (χ2n) is 10.7. The van der Waals surface area contributed by atoms with E-state index in [1.54, 1.807) is 29.2 Å². The summed E-state index contributed by atoms with van der Waals surface area (Å²) in [5.41, 5.74) is 0.807. The Morgan fingerprint density at radius 1 is 1.10 bits per heavy atom. The minimum absolute atomic E-state index is 0.0246. The molecule has 0 bridgehead atoms. The van der Waals surface area contributed by atoms with E-state index >= 15 is 0 Å². The third-order valence-corrected chi connectivity index (χ3v) is 8.63. The first-order valence-electron chi connectivity index (χ1n) is 13.6. The lowest BCUT2D eigenvalue weighted by molar-refractivity contribution is -0.137. The molecule has 0 radical (unpaired) electrons. The second kappa shape index (κ2) is 13.1. The maximum Gasteiger partial charge on any atom is 0.416 e. The van der Waals surface area contributed by atoms with Crippen LogP contribution in [0, 0.1) is 11.8 Å². The molecule has 0 aromatic heterocycles. The zero-order chi connectivity index (χ0) is 30.5. The maximum absolute atomic E-state index is 13.3. The van der Waals surface area contributed by atoms with Crippen molar-refractivity contribution in [2.24, 2.45) is 11.8 Å². The molecule has 2 aliphatic rings. The lowest BCUT2D eigenvalue weighted by atomic mass is 9.87. The van der Waals surface area contributed by atoms with Gasteiger partial charge in [-0.25, -0.2) is 13.1 Å². The van der Waals surface area contributed by atoms with Crippen molar-refractivity contribution in [3.8, 4) is 0 Å². The van der Waals surface area contributed by atoms with Crippen LogP contribution in [-0.2, 0) is 32.3 Å². The molecule has 9 nitrogen and oxygen atoms in total. The summed E-state index contributed by atoms with van der Waals surface area (Å²) in [5, 5.41) is 6.41. The lowest BCUT2D eigenvalue weighted by Crippen LogP contribution is -2.32. The van der Waals surface area contributed by atoms with E-state index < -0.39 is 27.7 Å². The summed E-state index contributed by atoms with van der Waals surface area (Å²) in [5.74, 6) is -1.37. The molecule has 0 aliphatic carbocycles. The highest BCUT2D eigenvalue weighted by molar-refractivity contribution is 7.92. The number of rotatable bonds is 11. The molecular weight excluding hydrogens is 573 g/mol. The molecule has 42 heavy (non-hydrogen) atoms. The third-order valence-electron chi connectivity index (χ3n) is 7.62. The van der Waals surface area contributed by atoms with Crippen molar-refractivity contribution in [2.75, 3.05) is 26.2 Å². The molecule has 2 saturated heterocycles. The molecule has 2 fully saturated rings. The second-order valence-corrected chi connectivity index (χ2v) is 12.4. The first-order chi connectivity index (χ1) is 19.8. The number of benzene rings is 2. The fraction of sp³-hybridized carbons (Fsp3) is 0.414.